The maximum absolute atomic E-state index is 13.8. The molecule has 1 aromatic rings. The topological polar surface area (TPSA) is 57.6 Å². The van der Waals surface area contributed by atoms with Gasteiger partial charge in [-0.2, -0.15) is 0 Å². The smallest absolute Gasteiger partial charge is 0.308 e. The van der Waals surface area contributed by atoms with Crippen molar-refractivity contribution >= 4 is 11.9 Å². The highest BCUT2D eigenvalue weighted by atomic mass is 19.1. The lowest BCUT2D eigenvalue weighted by Gasteiger charge is -2.23. The third kappa shape index (κ3) is 2.64. The lowest BCUT2D eigenvalue weighted by Crippen LogP contribution is -2.37. The van der Waals surface area contributed by atoms with Crippen molar-refractivity contribution in [1.82, 2.24) is 4.90 Å². The summed E-state index contributed by atoms with van der Waals surface area (Å²) in [5.74, 6) is -1.58. The minimum Gasteiger partial charge on any atom is -0.481 e. The van der Waals surface area contributed by atoms with E-state index in [-0.39, 0.29) is 18.3 Å². The Morgan fingerprint density at radius 3 is 2.62 bits per heavy atom. The average molecular weight is 291 g/mol. The fourth-order valence-corrected chi connectivity index (χ4v) is 3.11. The zero-order valence-corrected chi connectivity index (χ0v) is 11.7. The minimum absolute atomic E-state index is 0.00509. The summed E-state index contributed by atoms with van der Waals surface area (Å²) in [6.07, 6.45) is 2.44. The Morgan fingerprint density at radius 1 is 1.33 bits per heavy atom. The van der Waals surface area contributed by atoms with Gasteiger partial charge in [-0.05, 0) is 37.3 Å². The average Bonchev–Trinajstić information content (AvgIpc) is 3.06. The van der Waals surface area contributed by atoms with Crippen LogP contribution in [0.25, 0.3) is 0 Å². The maximum Gasteiger partial charge on any atom is 0.308 e. The first-order chi connectivity index (χ1) is 10.0. The van der Waals surface area contributed by atoms with Crippen molar-refractivity contribution < 1.29 is 19.1 Å². The predicted molar refractivity (Wildman–Crippen MR) is 74.1 cm³/mol. The number of hydrogen-bond donors (Lipinski definition) is 1. The molecule has 21 heavy (non-hydrogen) atoms. The van der Waals surface area contributed by atoms with Crippen LogP contribution in [-0.4, -0.2) is 35.0 Å². The molecule has 5 heteroatoms. The molecule has 3 rings (SSSR count). The number of halogens is 1. The summed E-state index contributed by atoms with van der Waals surface area (Å²) in [6.45, 7) is 0.780. The van der Waals surface area contributed by atoms with E-state index in [0.29, 0.717) is 24.9 Å². The highest BCUT2D eigenvalue weighted by Gasteiger charge is 2.52. The van der Waals surface area contributed by atoms with Crippen molar-refractivity contribution in [3.8, 4) is 0 Å². The van der Waals surface area contributed by atoms with Crippen molar-refractivity contribution in [1.29, 1.82) is 0 Å². The van der Waals surface area contributed by atoms with Crippen molar-refractivity contribution in [3.05, 3.63) is 35.6 Å². The molecule has 112 valence electrons. The number of nitrogens with zero attached hydrogens (tertiary/aromatic N) is 1. The Labute approximate surface area is 122 Å². The van der Waals surface area contributed by atoms with Crippen molar-refractivity contribution in [2.24, 2.45) is 11.3 Å². The van der Waals surface area contributed by atoms with Crippen LogP contribution < -0.4 is 0 Å². The Morgan fingerprint density at radius 2 is 2.05 bits per heavy atom. The van der Waals surface area contributed by atoms with E-state index in [0.717, 1.165) is 12.8 Å². The summed E-state index contributed by atoms with van der Waals surface area (Å²) in [6, 6.07) is 6.53. The zero-order chi connectivity index (χ0) is 15.0. The molecule has 1 heterocycles. The molecule has 0 spiro atoms. The quantitative estimate of drug-likeness (QED) is 0.924. The van der Waals surface area contributed by atoms with E-state index in [2.05, 4.69) is 0 Å². The number of benzene rings is 1. The third-order valence-corrected chi connectivity index (χ3v) is 4.62. The van der Waals surface area contributed by atoms with Crippen LogP contribution in [0.5, 0.6) is 0 Å². The molecule has 0 radical (unpaired) electrons. The zero-order valence-electron chi connectivity index (χ0n) is 11.7. The number of rotatable bonds is 4. The Balaban J connectivity index is 1.70. The number of carbonyl (C=O) groups is 2. The van der Waals surface area contributed by atoms with E-state index >= 15 is 0 Å². The second-order valence-corrected chi connectivity index (χ2v) is 6.12. The number of carboxylic acids is 1. The van der Waals surface area contributed by atoms with Gasteiger partial charge in [0, 0.05) is 13.1 Å². The van der Waals surface area contributed by atoms with Gasteiger partial charge < -0.3 is 10.0 Å². The first-order valence-electron chi connectivity index (χ1n) is 7.27. The number of carbonyl (C=O) groups excluding carboxylic acids is 1. The minimum atomic E-state index is -0.843. The van der Waals surface area contributed by atoms with E-state index in [1.165, 1.54) is 6.07 Å². The number of carboxylic acid groups (broad SMARTS) is 1. The summed E-state index contributed by atoms with van der Waals surface area (Å²) in [4.78, 5) is 25.3. The van der Waals surface area contributed by atoms with Gasteiger partial charge in [-0.1, -0.05) is 18.2 Å². The van der Waals surface area contributed by atoms with Crippen molar-refractivity contribution in [3.63, 3.8) is 0 Å². The van der Waals surface area contributed by atoms with Crippen LogP contribution in [0, 0.1) is 17.2 Å². The maximum atomic E-state index is 13.8. The number of likely N-dealkylation sites (tertiary alicyclic amines) is 1. The molecule has 1 aliphatic heterocycles. The number of amides is 1. The van der Waals surface area contributed by atoms with Gasteiger partial charge in [0.2, 0.25) is 5.91 Å². The molecule has 1 aromatic carbocycles. The van der Waals surface area contributed by atoms with Crippen LogP contribution in [-0.2, 0) is 16.0 Å². The molecule has 2 aliphatic rings. The van der Waals surface area contributed by atoms with Gasteiger partial charge in [0.15, 0.2) is 0 Å². The van der Waals surface area contributed by atoms with Gasteiger partial charge >= 0.3 is 5.97 Å². The van der Waals surface area contributed by atoms with Crippen molar-refractivity contribution in [2.75, 3.05) is 13.1 Å². The second-order valence-electron chi connectivity index (χ2n) is 6.12. The largest absolute Gasteiger partial charge is 0.481 e. The Bertz CT molecular complexity index is 583. The first kappa shape index (κ1) is 14.0. The van der Waals surface area contributed by atoms with Gasteiger partial charge in [-0.25, -0.2) is 4.39 Å². The fourth-order valence-electron chi connectivity index (χ4n) is 3.11. The van der Waals surface area contributed by atoms with Crippen molar-refractivity contribution in [2.45, 2.75) is 25.7 Å². The predicted octanol–water partition coefficient (Wildman–Crippen LogP) is 2.08. The molecule has 1 aliphatic carbocycles. The highest BCUT2D eigenvalue weighted by Crippen LogP contribution is 2.50. The number of hydrogen-bond acceptors (Lipinski definition) is 2. The van der Waals surface area contributed by atoms with E-state index in [1.54, 1.807) is 23.1 Å². The Hall–Kier alpha value is -1.91. The summed E-state index contributed by atoms with van der Waals surface area (Å²) < 4.78 is 13.8. The van der Waals surface area contributed by atoms with Gasteiger partial charge in [0.25, 0.3) is 0 Å². The van der Waals surface area contributed by atoms with Crippen LogP contribution in [0.15, 0.2) is 24.3 Å². The van der Waals surface area contributed by atoms with Crippen LogP contribution >= 0.6 is 0 Å². The van der Waals surface area contributed by atoms with Gasteiger partial charge in [0.05, 0.1) is 11.3 Å². The number of aliphatic carboxylic acids is 1. The van der Waals surface area contributed by atoms with E-state index in [9.17, 15) is 14.0 Å². The molecule has 1 amide bonds. The molecule has 4 nitrogen and oxygen atoms in total. The normalized spacial score (nSPS) is 23.1. The van der Waals surface area contributed by atoms with Gasteiger partial charge in [0.1, 0.15) is 5.82 Å². The van der Waals surface area contributed by atoms with Gasteiger partial charge in [-0.3, -0.25) is 9.59 Å². The van der Waals surface area contributed by atoms with E-state index in [1.807, 2.05) is 0 Å². The molecule has 1 unspecified atom stereocenters. The molecule has 2 fully saturated rings. The summed E-state index contributed by atoms with van der Waals surface area (Å²) in [7, 11) is 0. The molecular weight excluding hydrogens is 273 g/mol. The fraction of sp³-hybridized carbons (Fsp3) is 0.500. The van der Waals surface area contributed by atoms with Crippen LogP contribution in [0.1, 0.15) is 24.8 Å². The standard InChI is InChI=1S/C16H18FNO3/c17-13-4-2-1-3-11(13)9-16(6-7-16)15(21)18-8-5-12(10-18)14(19)20/h1-4,12H,5-10H2,(H,19,20). The lowest BCUT2D eigenvalue weighted by molar-refractivity contribution is -0.141. The molecule has 0 aromatic heterocycles. The van der Waals surface area contributed by atoms with E-state index < -0.39 is 17.3 Å². The first-order valence-corrected chi connectivity index (χ1v) is 7.27. The van der Waals surface area contributed by atoms with Crippen LogP contribution in [0.4, 0.5) is 4.39 Å². The SMILES string of the molecule is O=C(O)C1CCN(C(=O)C2(Cc3ccccc3F)CC2)C1. The molecule has 0 bridgehead atoms. The van der Waals surface area contributed by atoms with Crippen LogP contribution in [0.3, 0.4) is 0 Å². The second kappa shape index (κ2) is 5.13. The third-order valence-electron chi connectivity index (χ3n) is 4.62. The monoisotopic (exact) mass is 291 g/mol. The highest BCUT2D eigenvalue weighted by molar-refractivity contribution is 5.86. The Kier molecular flexibility index (Phi) is 3.43. The molecule has 1 N–H and O–H groups in total. The molecule has 1 saturated heterocycles. The summed E-state index contributed by atoms with van der Waals surface area (Å²) in [5.41, 5.74) is 0.0626. The molecule has 1 atom stereocenters. The summed E-state index contributed by atoms with van der Waals surface area (Å²) >= 11 is 0. The lowest BCUT2D eigenvalue weighted by atomic mass is 9.94. The van der Waals surface area contributed by atoms with Gasteiger partial charge in [-0.15, -0.1) is 0 Å². The van der Waals surface area contributed by atoms with Crippen LogP contribution in [0.2, 0.25) is 0 Å². The molecule has 1 saturated carbocycles. The molecular formula is C16H18FNO3. The van der Waals surface area contributed by atoms with E-state index in [4.69, 9.17) is 5.11 Å². The summed E-state index contributed by atoms with van der Waals surface area (Å²) in [5, 5.41) is 9.02.